The molecule has 0 amide bonds. The minimum atomic E-state index is -0.307. The number of rotatable bonds is 4. The summed E-state index contributed by atoms with van der Waals surface area (Å²) in [5, 5.41) is 11.4. The molecule has 3 atom stereocenters. The lowest BCUT2D eigenvalue weighted by Crippen LogP contribution is -2.46. The third-order valence-corrected chi connectivity index (χ3v) is 10.5. The molecule has 0 aromatic rings. The lowest BCUT2D eigenvalue weighted by Gasteiger charge is -2.49. The van der Waals surface area contributed by atoms with E-state index in [0.717, 1.165) is 32.5 Å². The van der Waals surface area contributed by atoms with Crippen molar-refractivity contribution in [1.82, 2.24) is 0 Å². The summed E-state index contributed by atoms with van der Waals surface area (Å²) in [6.45, 7) is 6.29. The number of hydrogen-bond acceptors (Lipinski definition) is 5. The molecule has 1 spiro atoms. The second kappa shape index (κ2) is 7.38. The van der Waals surface area contributed by atoms with Gasteiger partial charge in [0, 0.05) is 23.3 Å². The van der Waals surface area contributed by atoms with Crippen LogP contribution < -0.4 is 0 Å². The van der Waals surface area contributed by atoms with Crippen LogP contribution in [0.3, 0.4) is 0 Å². The van der Waals surface area contributed by atoms with E-state index in [2.05, 4.69) is 37.4 Å². The average Bonchev–Trinajstić information content (AvgIpc) is 3.25. The van der Waals surface area contributed by atoms with Crippen LogP contribution in [0.5, 0.6) is 0 Å². The van der Waals surface area contributed by atoms with Gasteiger partial charge in [-0.05, 0) is 50.0 Å². The molecule has 0 bridgehead atoms. The van der Waals surface area contributed by atoms with Crippen LogP contribution in [-0.2, 0) is 9.47 Å². The molecular weight excluding hydrogens is 352 g/mol. The van der Waals surface area contributed by atoms with Crippen LogP contribution in [-0.4, -0.2) is 46.3 Å². The molecule has 4 rings (SSSR count). The Labute approximate surface area is 160 Å². The van der Waals surface area contributed by atoms with Crippen LogP contribution in [0.2, 0.25) is 0 Å². The summed E-state index contributed by atoms with van der Waals surface area (Å²) in [6, 6.07) is 0. The first-order chi connectivity index (χ1) is 12.1. The van der Waals surface area contributed by atoms with Gasteiger partial charge in [-0.2, -0.15) is 0 Å². The molecule has 0 aromatic carbocycles. The van der Waals surface area contributed by atoms with Crippen molar-refractivity contribution in [2.24, 2.45) is 11.3 Å². The molecule has 142 valence electrons. The molecule has 2 heterocycles. The van der Waals surface area contributed by atoms with Crippen molar-refractivity contribution in [3.8, 4) is 0 Å². The summed E-state index contributed by atoms with van der Waals surface area (Å²) >= 11 is 4.30. The van der Waals surface area contributed by atoms with E-state index in [1.54, 1.807) is 11.1 Å². The highest BCUT2D eigenvalue weighted by molar-refractivity contribution is 8.21. The molecule has 5 heteroatoms. The minimum Gasteiger partial charge on any atom is -0.392 e. The monoisotopic (exact) mass is 384 g/mol. The number of hydrogen-bond donors (Lipinski definition) is 1. The van der Waals surface area contributed by atoms with Crippen molar-refractivity contribution in [3.05, 3.63) is 11.1 Å². The van der Waals surface area contributed by atoms with Crippen molar-refractivity contribution >= 4 is 23.5 Å². The van der Waals surface area contributed by atoms with Crippen molar-refractivity contribution in [2.75, 3.05) is 24.7 Å². The molecule has 3 nitrogen and oxygen atoms in total. The number of allylic oxidation sites excluding steroid dienone is 1. The fourth-order valence-electron chi connectivity index (χ4n) is 5.35. The Bertz CT molecular complexity index is 523. The summed E-state index contributed by atoms with van der Waals surface area (Å²) in [5.41, 5.74) is 3.21. The summed E-state index contributed by atoms with van der Waals surface area (Å²) in [7, 11) is 0. The van der Waals surface area contributed by atoms with Crippen LogP contribution >= 0.6 is 23.5 Å². The van der Waals surface area contributed by atoms with Gasteiger partial charge in [0.25, 0.3) is 0 Å². The van der Waals surface area contributed by atoms with E-state index in [1.807, 2.05) is 0 Å². The zero-order chi connectivity index (χ0) is 17.5. The average molecular weight is 385 g/mol. The van der Waals surface area contributed by atoms with Gasteiger partial charge in [-0.25, -0.2) is 0 Å². The van der Waals surface area contributed by atoms with Crippen molar-refractivity contribution in [1.29, 1.82) is 0 Å². The van der Waals surface area contributed by atoms with Crippen LogP contribution in [0, 0.1) is 11.3 Å². The molecule has 2 saturated heterocycles. The Balaban J connectivity index is 1.55. The molecule has 1 N–H and O–H groups in total. The Kier molecular flexibility index (Phi) is 5.52. The van der Waals surface area contributed by atoms with E-state index in [1.165, 1.54) is 37.2 Å². The molecule has 0 radical (unpaired) electrons. The molecule has 2 fully saturated rings. The van der Waals surface area contributed by atoms with Crippen molar-refractivity contribution in [3.63, 3.8) is 0 Å². The third-order valence-electron chi connectivity index (χ3n) is 6.95. The van der Waals surface area contributed by atoms with Gasteiger partial charge in [0.1, 0.15) is 0 Å². The topological polar surface area (TPSA) is 38.7 Å². The van der Waals surface area contributed by atoms with Crippen LogP contribution in [0.4, 0.5) is 0 Å². The second-order valence-electron chi connectivity index (χ2n) is 8.27. The van der Waals surface area contributed by atoms with Gasteiger partial charge in [0.05, 0.1) is 23.4 Å². The first-order valence-electron chi connectivity index (χ1n) is 9.98. The third kappa shape index (κ3) is 3.22. The lowest BCUT2D eigenvalue weighted by molar-refractivity contribution is -0.185. The van der Waals surface area contributed by atoms with E-state index in [-0.39, 0.29) is 21.9 Å². The van der Waals surface area contributed by atoms with Crippen LogP contribution in [0.25, 0.3) is 0 Å². The quantitative estimate of drug-likeness (QED) is 0.718. The SMILES string of the molecule is C[C@H]1CCC2=C(C3(CC2)SCCS3)[C@]1(C)[C@@H](O)CCC1OCCCO1. The fraction of sp³-hybridized carbons (Fsp3) is 0.900. The van der Waals surface area contributed by atoms with E-state index >= 15 is 0 Å². The molecule has 2 aliphatic carbocycles. The standard InChI is InChI=1S/C20H32O3S2/c1-14-4-5-15-8-9-20(24-12-13-25-20)18(15)19(14,2)16(21)6-7-17-22-10-3-11-23-17/h14,16-17,21H,3-13H2,1-2H3/t14-,16-,19-/m0/s1. The Morgan fingerprint density at radius 1 is 1.20 bits per heavy atom. The van der Waals surface area contributed by atoms with Gasteiger partial charge in [0.15, 0.2) is 6.29 Å². The molecule has 25 heavy (non-hydrogen) atoms. The predicted molar refractivity (Wildman–Crippen MR) is 106 cm³/mol. The fourth-order valence-corrected chi connectivity index (χ4v) is 9.02. The number of thioether (sulfide) groups is 2. The maximum atomic E-state index is 11.4. The highest BCUT2D eigenvalue weighted by atomic mass is 32.2. The second-order valence-corrected chi connectivity index (χ2v) is 11.3. The van der Waals surface area contributed by atoms with E-state index in [9.17, 15) is 5.11 Å². The van der Waals surface area contributed by atoms with Crippen molar-refractivity contribution < 1.29 is 14.6 Å². The normalized spacial score (nSPS) is 36.8. The molecular formula is C20H32O3S2. The van der Waals surface area contributed by atoms with Crippen molar-refractivity contribution in [2.45, 2.75) is 75.3 Å². The van der Waals surface area contributed by atoms with Gasteiger partial charge < -0.3 is 14.6 Å². The maximum Gasteiger partial charge on any atom is 0.157 e. The summed E-state index contributed by atoms with van der Waals surface area (Å²) in [4.78, 5) is 0. The number of aliphatic hydroxyl groups is 1. The van der Waals surface area contributed by atoms with Gasteiger partial charge in [-0.1, -0.05) is 19.4 Å². The molecule has 0 saturated carbocycles. The number of ether oxygens (including phenoxy) is 2. The Morgan fingerprint density at radius 3 is 2.64 bits per heavy atom. The highest BCUT2D eigenvalue weighted by Gasteiger charge is 2.56. The van der Waals surface area contributed by atoms with E-state index in [4.69, 9.17) is 9.47 Å². The first-order valence-corrected chi connectivity index (χ1v) is 12.0. The zero-order valence-electron chi connectivity index (χ0n) is 15.6. The molecule has 0 unspecified atom stereocenters. The Hall–Kier alpha value is 0.320. The molecule has 4 aliphatic rings. The summed E-state index contributed by atoms with van der Waals surface area (Å²) in [6.07, 6.45) is 7.13. The largest absolute Gasteiger partial charge is 0.392 e. The lowest BCUT2D eigenvalue weighted by atomic mass is 9.61. The molecule has 2 aliphatic heterocycles. The summed E-state index contributed by atoms with van der Waals surface area (Å²) < 4.78 is 11.7. The highest BCUT2D eigenvalue weighted by Crippen LogP contribution is 2.66. The first kappa shape index (κ1) is 18.7. The van der Waals surface area contributed by atoms with Crippen LogP contribution in [0.1, 0.15) is 58.8 Å². The van der Waals surface area contributed by atoms with E-state index < -0.39 is 0 Å². The van der Waals surface area contributed by atoms with Gasteiger partial charge in [-0.15, -0.1) is 23.5 Å². The van der Waals surface area contributed by atoms with Crippen LogP contribution in [0.15, 0.2) is 11.1 Å². The van der Waals surface area contributed by atoms with Gasteiger partial charge in [-0.3, -0.25) is 0 Å². The predicted octanol–water partition coefficient (Wildman–Crippen LogP) is 4.59. The van der Waals surface area contributed by atoms with Gasteiger partial charge >= 0.3 is 0 Å². The summed E-state index contributed by atoms with van der Waals surface area (Å²) in [5.74, 6) is 3.04. The van der Waals surface area contributed by atoms with Gasteiger partial charge in [0.2, 0.25) is 0 Å². The minimum absolute atomic E-state index is 0.0942. The molecule has 0 aromatic heterocycles. The van der Waals surface area contributed by atoms with E-state index in [0.29, 0.717) is 5.92 Å². The smallest absolute Gasteiger partial charge is 0.157 e. The zero-order valence-corrected chi connectivity index (χ0v) is 17.2. The number of aliphatic hydroxyl groups excluding tert-OH is 1. The maximum absolute atomic E-state index is 11.4. The number of fused-ring (bicyclic) bond motifs is 1. The Morgan fingerprint density at radius 2 is 1.92 bits per heavy atom.